The fraction of sp³-hybridized carbons (Fsp3) is 0.524. The van der Waals surface area contributed by atoms with Gasteiger partial charge < -0.3 is 5.73 Å². The van der Waals surface area contributed by atoms with E-state index >= 15 is 0 Å². The van der Waals surface area contributed by atoms with Crippen LogP contribution in [0.25, 0.3) is 0 Å². The van der Waals surface area contributed by atoms with Crippen LogP contribution in [-0.4, -0.2) is 61.6 Å². The molecule has 1 aliphatic rings. The van der Waals surface area contributed by atoms with Crippen LogP contribution in [0.15, 0.2) is 35.7 Å². The molecule has 8 heteroatoms. The Labute approximate surface area is 173 Å². The number of allylic oxidation sites excluding steroid dienone is 2. The van der Waals surface area contributed by atoms with E-state index in [2.05, 4.69) is 13.8 Å². The summed E-state index contributed by atoms with van der Waals surface area (Å²) in [6, 6.07) is 6.73. The lowest BCUT2D eigenvalue weighted by Crippen LogP contribution is -2.92. The predicted octanol–water partition coefficient (Wildman–Crippen LogP) is 1.41. The Bertz CT molecular complexity index is 721. The average molecular weight is 409 g/mol. The Morgan fingerprint density at radius 2 is 1.59 bits per heavy atom. The maximum absolute atomic E-state index is 13.0. The number of fused-ring (bicyclic) bond motifs is 1. The Morgan fingerprint density at radius 1 is 1.03 bits per heavy atom. The summed E-state index contributed by atoms with van der Waals surface area (Å²) in [6.45, 7) is 11.1. The van der Waals surface area contributed by atoms with Crippen molar-refractivity contribution in [2.45, 2.75) is 34.1 Å². The number of hydrogen-bond acceptors (Lipinski definition) is 6. The van der Waals surface area contributed by atoms with Crippen molar-refractivity contribution in [3.8, 4) is 0 Å². The first-order valence-electron chi connectivity index (χ1n) is 10.2. The summed E-state index contributed by atoms with van der Waals surface area (Å²) in [5.74, 6) is -0.603. The van der Waals surface area contributed by atoms with Gasteiger partial charge in [0, 0.05) is 17.5 Å². The number of nitrogens with zero attached hydrogens (tertiary/aromatic N) is 2. The van der Waals surface area contributed by atoms with Crippen LogP contribution in [0.3, 0.4) is 0 Å². The predicted molar refractivity (Wildman–Crippen MR) is 111 cm³/mol. The van der Waals surface area contributed by atoms with Gasteiger partial charge in [0.2, 0.25) is 11.6 Å². The van der Waals surface area contributed by atoms with Crippen molar-refractivity contribution in [3.05, 3.63) is 46.8 Å². The quantitative estimate of drug-likeness (QED) is 0.345. The second kappa shape index (κ2) is 11.7. The molecule has 8 nitrogen and oxygen atoms in total. The number of carbonyl (C=O) groups is 2. The number of rotatable bonds is 10. The molecule has 0 bridgehead atoms. The van der Waals surface area contributed by atoms with Gasteiger partial charge in [0.05, 0.1) is 20.8 Å². The molecule has 1 aromatic rings. The molecule has 1 aliphatic carbocycles. The molecule has 0 amide bonds. The maximum atomic E-state index is 13.0. The summed E-state index contributed by atoms with van der Waals surface area (Å²) >= 11 is 0. The standard InChI is InChI=1S/C19H28N4O4.C2H6/c1-5-23(6-2,27-4)13-9-12-22(21-26-3)17-16(20)18(24)14-10-7-8-11-15(14)19(17)25;1-2/h7-8,10-11,21H,5-6,9,12-13H2,1-4H3,(H-,20,25);1-2H3/p+2. The van der Waals surface area contributed by atoms with E-state index in [4.69, 9.17) is 15.4 Å². The number of Topliss-reactive ketones (excluding diaryl/α,β-unsaturated/α-hetero) is 2. The molecule has 162 valence electrons. The molecular formula is C21H36N4O4+2. The summed E-state index contributed by atoms with van der Waals surface area (Å²) in [6.07, 6.45) is 0.731. The van der Waals surface area contributed by atoms with Crippen molar-refractivity contribution in [2.24, 2.45) is 5.73 Å². The third-order valence-electron chi connectivity index (χ3n) is 5.16. The highest BCUT2D eigenvalue weighted by Gasteiger charge is 2.36. The molecule has 0 radical (unpaired) electrons. The number of benzene rings is 1. The Balaban J connectivity index is 0.00000204. The van der Waals surface area contributed by atoms with Crippen LogP contribution in [0.4, 0.5) is 0 Å². The number of carbonyl (C=O) groups excluding carboxylic acids is 2. The maximum Gasteiger partial charge on any atom is 0.217 e. The van der Waals surface area contributed by atoms with E-state index in [9.17, 15) is 9.59 Å². The molecule has 0 fully saturated rings. The molecular weight excluding hydrogens is 372 g/mol. The van der Waals surface area contributed by atoms with Crippen LogP contribution in [0, 0.1) is 0 Å². The third-order valence-corrected chi connectivity index (χ3v) is 5.16. The summed E-state index contributed by atoms with van der Waals surface area (Å²) in [4.78, 5) is 36.4. The number of hydrogen-bond donors (Lipinski definition) is 2. The van der Waals surface area contributed by atoms with E-state index < -0.39 is 0 Å². The molecule has 0 saturated heterocycles. The average Bonchev–Trinajstić information content (AvgIpc) is 2.77. The normalized spacial score (nSPS) is 13.7. The number of nitrogens with two attached hydrogens (primary N) is 2. The lowest BCUT2D eigenvalue weighted by molar-refractivity contribution is -1.10. The van der Waals surface area contributed by atoms with Crippen LogP contribution >= 0.6 is 0 Å². The van der Waals surface area contributed by atoms with E-state index in [1.165, 1.54) is 12.7 Å². The van der Waals surface area contributed by atoms with Crippen molar-refractivity contribution < 1.29 is 29.5 Å². The van der Waals surface area contributed by atoms with Crippen molar-refractivity contribution in [1.82, 2.24) is 5.01 Å². The van der Waals surface area contributed by atoms with E-state index in [-0.39, 0.29) is 23.0 Å². The molecule has 2 rings (SSSR count). The van der Waals surface area contributed by atoms with E-state index in [0.29, 0.717) is 22.3 Å². The lowest BCUT2D eigenvalue weighted by Gasteiger charge is -2.33. The number of quaternary nitrogens is 2. The van der Waals surface area contributed by atoms with Gasteiger partial charge in [-0.05, 0) is 13.8 Å². The Hall–Kier alpha value is -2.26. The van der Waals surface area contributed by atoms with E-state index in [1.807, 2.05) is 13.8 Å². The van der Waals surface area contributed by atoms with Gasteiger partial charge in [-0.15, -0.1) is 5.59 Å². The molecule has 0 spiro atoms. The Kier molecular flexibility index (Phi) is 9.97. The first kappa shape index (κ1) is 24.8. The third kappa shape index (κ3) is 5.42. The largest absolute Gasteiger partial charge is 0.394 e. The molecule has 0 aromatic heterocycles. The van der Waals surface area contributed by atoms with Crippen molar-refractivity contribution in [3.63, 3.8) is 0 Å². The van der Waals surface area contributed by atoms with E-state index in [1.54, 1.807) is 36.4 Å². The molecule has 1 aromatic carbocycles. The van der Waals surface area contributed by atoms with Gasteiger partial charge in [0.1, 0.15) is 25.3 Å². The van der Waals surface area contributed by atoms with Gasteiger partial charge in [0.15, 0.2) is 5.70 Å². The highest BCUT2D eigenvalue weighted by molar-refractivity contribution is 6.26. The zero-order valence-corrected chi connectivity index (χ0v) is 18.5. The minimum absolute atomic E-state index is 0.0505. The van der Waals surface area contributed by atoms with Crippen LogP contribution < -0.4 is 11.3 Å². The van der Waals surface area contributed by atoms with Crippen molar-refractivity contribution >= 4 is 11.6 Å². The van der Waals surface area contributed by atoms with Gasteiger partial charge in [-0.1, -0.05) is 38.1 Å². The van der Waals surface area contributed by atoms with Crippen molar-refractivity contribution in [2.75, 3.05) is 40.4 Å². The summed E-state index contributed by atoms with van der Waals surface area (Å²) in [5.41, 5.74) is 8.32. The zero-order chi connectivity index (χ0) is 22.0. The monoisotopic (exact) mass is 408 g/mol. The van der Waals surface area contributed by atoms with Gasteiger partial charge in [-0.25, -0.2) is 4.84 Å². The number of ketones is 2. The lowest BCUT2D eigenvalue weighted by atomic mass is 9.90. The van der Waals surface area contributed by atoms with E-state index in [0.717, 1.165) is 26.1 Å². The minimum Gasteiger partial charge on any atom is -0.394 e. The molecule has 0 aliphatic heterocycles. The van der Waals surface area contributed by atoms with Crippen LogP contribution in [0.2, 0.25) is 0 Å². The topological polar surface area (TPSA) is 98.5 Å². The fourth-order valence-electron chi connectivity index (χ4n) is 3.43. The smallest absolute Gasteiger partial charge is 0.217 e. The molecule has 0 saturated carbocycles. The summed E-state index contributed by atoms with van der Waals surface area (Å²) in [5, 5.41) is 1.63. The number of hydroxylamine groups is 3. The van der Waals surface area contributed by atoms with Gasteiger partial charge in [0.25, 0.3) is 0 Å². The molecule has 0 heterocycles. The van der Waals surface area contributed by atoms with Gasteiger partial charge in [-0.3, -0.25) is 9.59 Å². The minimum atomic E-state index is -0.334. The first-order chi connectivity index (χ1) is 13.9. The second-order valence-corrected chi connectivity index (χ2v) is 6.45. The van der Waals surface area contributed by atoms with Gasteiger partial charge >= 0.3 is 0 Å². The highest BCUT2D eigenvalue weighted by atomic mass is 16.7. The summed E-state index contributed by atoms with van der Waals surface area (Å²) < 4.78 is 0.519. The van der Waals surface area contributed by atoms with Crippen LogP contribution in [-0.2, 0) is 9.68 Å². The first-order valence-corrected chi connectivity index (χ1v) is 10.2. The molecule has 0 atom stereocenters. The zero-order valence-electron chi connectivity index (χ0n) is 18.5. The van der Waals surface area contributed by atoms with Gasteiger partial charge in [-0.2, -0.15) is 14.5 Å². The second-order valence-electron chi connectivity index (χ2n) is 6.45. The van der Waals surface area contributed by atoms with Crippen LogP contribution in [0.1, 0.15) is 54.8 Å². The summed E-state index contributed by atoms with van der Waals surface area (Å²) in [7, 11) is 3.20. The molecule has 29 heavy (non-hydrogen) atoms. The SMILES string of the molecule is CC.CC[N+](CC)(CCCN([NH2+]OC)C1=C(N)C(=O)c2ccccc2C1=O)OC. The van der Waals surface area contributed by atoms with Crippen LogP contribution in [0.5, 0.6) is 0 Å². The Morgan fingerprint density at radius 3 is 2.07 bits per heavy atom. The fourth-order valence-corrected chi connectivity index (χ4v) is 3.43. The van der Waals surface area contributed by atoms with Crippen molar-refractivity contribution in [1.29, 1.82) is 0 Å². The highest BCUT2D eigenvalue weighted by Crippen LogP contribution is 2.25. The molecule has 0 unspecified atom stereocenters. The molecule has 4 N–H and O–H groups in total.